The number of rotatable bonds is 4. The van der Waals surface area contributed by atoms with E-state index >= 15 is 0 Å². The van der Waals surface area contributed by atoms with Crippen molar-refractivity contribution in [2.24, 2.45) is 5.10 Å². The van der Waals surface area contributed by atoms with Crippen molar-refractivity contribution in [2.45, 2.75) is 26.3 Å². The molecule has 0 aliphatic carbocycles. The van der Waals surface area contributed by atoms with E-state index in [1.165, 1.54) is 0 Å². The molecule has 2 aromatic carbocycles. The fourth-order valence-electron chi connectivity index (χ4n) is 2.83. The number of nitrogens with zero attached hydrogens (tertiary/aromatic N) is 2. The minimum atomic E-state index is -0.0724. The predicted molar refractivity (Wildman–Crippen MR) is 98.2 cm³/mol. The number of hydrogen-bond acceptors (Lipinski definition) is 3. The summed E-state index contributed by atoms with van der Waals surface area (Å²) in [4.78, 5) is 12.0. The van der Waals surface area contributed by atoms with E-state index in [2.05, 4.69) is 21.0 Å². The lowest BCUT2D eigenvalue weighted by Crippen LogP contribution is -2.24. The molecule has 0 unspecified atom stereocenters. The molecule has 1 aliphatic heterocycles. The van der Waals surface area contributed by atoms with Gasteiger partial charge in [0.05, 0.1) is 18.4 Å². The lowest BCUT2D eigenvalue weighted by Gasteiger charge is -2.20. The molecule has 24 heavy (non-hydrogen) atoms. The highest BCUT2D eigenvalue weighted by atomic mass is 79.9. The molecule has 0 bridgehead atoms. The van der Waals surface area contributed by atoms with Crippen molar-refractivity contribution in [1.29, 1.82) is 0 Å². The highest BCUT2D eigenvalue weighted by molar-refractivity contribution is 9.10. The minimum Gasteiger partial charge on any atom is -0.494 e. The molecule has 1 amide bonds. The second-order valence-electron chi connectivity index (χ2n) is 5.64. The fourth-order valence-corrected chi connectivity index (χ4v) is 3.09. The summed E-state index contributed by atoms with van der Waals surface area (Å²) in [6.45, 7) is 4.15. The summed E-state index contributed by atoms with van der Waals surface area (Å²) in [5.74, 6) is 0.781. The Morgan fingerprint density at radius 3 is 2.46 bits per heavy atom. The zero-order chi connectivity index (χ0) is 17.1. The molecule has 0 spiro atoms. The van der Waals surface area contributed by atoms with E-state index in [1.807, 2.05) is 55.5 Å². The molecule has 4 nitrogen and oxygen atoms in total. The van der Waals surface area contributed by atoms with Crippen LogP contribution in [0.4, 0.5) is 0 Å². The van der Waals surface area contributed by atoms with Gasteiger partial charge in [-0.05, 0) is 42.3 Å². The molecule has 3 rings (SSSR count). The Morgan fingerprint density at radius 1 is 1.21 bits per heavy atom. The number of hydrazone groups is 1. The maximum absolute atomic E-state index is 12.0. The van der Waals surface area contributed by atoms with Crippen LogP contribution in [-0.4, -0.2) is 23.2 Å². The second kappa shape index (κ2) is 7.18. The average molecular weight is 387 g/mol. The predicted octanol–water partition coefficient (Wildman–Crippen LogP) is 4.55. The molecule has 0 radical (unpaired) electrons. The standard InChI is InChI=1S/C19H19BrN2O2/c1-3-24-17-10-6-15(7-11-17)19-12-18(21-22(19)13(2)23)14-4-8-16(20)9-5-14/h4-11,19H,3,12H2,1-2H3/t19-/m0/s1. The van der Waals surface area contributed by atoms with Gasteiger partial charge in [0, 0.05) is 17.8 Å². The zero-order valence-corrected chi connectivity index (χ0v) is 15.3. The number of hydrogen-bond donors (Lipinski definition) is 0. The normalized spacial score (nSPS) is 16.9. The van der Waals surface area contributed by atoms with Crippen molar-refractivity contribution in [1.82, 2.24) is 5.01 Å². The SMILES string of the molecule is CCOc1ccc([C@@H]2CC(c3ccc(Br)cc3)=NN2C(C)=O)cc1. The summed E-state index contributed by atoms with van der Waals surface area (Å²) in [5, 5.41) is 6.13. The van der Waals surface area contributed by atoms with Crippen LogP contribution in [0.25, 0.3) is 0 Å². The Kier molecular flexibility index (Phi) is 5.00. The van der Waals surface area contributed by atoms with Crippen molar-refractivity contribution >= 4 is 27.5 Å². The van der Waals surface area contributed by atoms with Gasteiger partial charge in [-0.25, -0.2) is 5.01 Å². The van der Waals surface area contributed by atoms with E-state index in [0.717, 1.165) is 27.1 Å². The van der Waals surface area contributed by atoms with Crippen molar-refractivity contribution < 1.29 is 9.53 Å². The number of benzene rings is 2. The lowest BCUT2D eigenvalue weighted by molar-refractivity contribution is -0.130. The average Bonchev–Trinajstić information content (AvgIpc) is 3.02. The van der Waals surface area contributed by atoms with Gasteiger partial charge in [-0.15, -0.1) is 0 Å². The molecule has 1 aliphatic rings. The third kappa shape index (κ3) is 3.51. The molecule has 1 atom stereocenters. The smallest absolute Gasteiger partial charge is 0.240 e. The first-order valence-electron chi connectivity index (χ1n) is 7.94. The van der Waals surface area contributed by atoms with Gasteiger partial charge < -0.3 is 4.74 Å². The van der Waals surface area contributed by atoms with Crippen molar-refractivity contribution in [3.8, 4) is 5.75 Å². The first-order valence-corrected chi connectivity index (χ1v) is 8.73. The number of halogens is 1. The van der Waals surface area contributed by atoms with E-state index in [9.17, 15) is 4.79 Å². The van der Waals surface area contributed by atoms with Crippen LogP contribution in [0.15, 0.2) is 58.1 Å². The molecule has 0 saturated heterocycles. The largest absolute Gasteiger partial charge is 0.494 e. The van der Waals surface area contributed by atoms with Crippen LogP contribution in [0, 0.1) is 0 Å². The van der Waals surface area contributed by atoms with Gasteiger partial charge >= 0.3 is 0 Å². The summed E-state index contributed by atoms with van der Waals surface area (Å²) >= 11 is 3.44. The highest BCUT2D eigenvalue weighted by Gasteiger charge is 2.31. The fraction of sp³-hybridized carbons (Fsp3) is 0.263. The van der Waals surface area contributed by atoms with Gasteiger partial charge in [0.25, 0.3) is 0 Å². The monoisotopic (exact) mass is 386 g/mol. The number of carbonyl (C=O) groups excluding carboxylic acids is 1. The van der Waals surface area contributed by atoms with Crippen LogP contribution in [0.1, 0.15) is 37.4 Å². The number of ether oxygens (including phenoxy) is 1. The summed E-state index contributed by atoms with van der Waals surface area (Å²) in [6.07, 6.45) is 0.704. The maximum atomic E-state index is 12.0. The summed E-state index contributed by atoms with van der Waals surface area (Å²) in [6, 6.07) is 15.8. The van der Waals surface area contributed by atoms with Crippen LogP contribution in [-0.2, 0) is 4.79 Å². The van der Waals surface area contributed by atoms with Crippen LogP contribution in [0.5, 0.6) is 5.75 Å². The van der Waals surface area contributed by atoms with Gasteiger partial charge in [-0.1, -0.05) is 40.2 Å². The molecule has 0 saturated carbocycles. The van der Waals surface area contributed by atoms with Crippen molar-refractivity contribution in [3.63, 3.8) is 0 Å². The first kappa shape index (κ1) is 16.7. The van der Waals surface area contributed by atoms with Crippen LogP contribution < -0.4 is 4.74 Å². The molecule has 0 fully saturated rings. The number of carbonyl (C=O) groups is 1. The molecule has 0 aromatic heterocycles. The number of amides is 1. The second-order valence-corrected chi connectivity index (χ2v) is 6.55. The van der Waals surface area contributed by atoms with Gasteiger partial charge in [-0.2, -0.15) is 5.10 Å². The Hall–Kier alpha value is -2.14. The van der Waals surface area contributed by atoms with Crippen LogP contribution in [0.2, 0.25) is 0 Å². The van der Waals surface area contributed by atoms with E-state index in [0.29, 0.717) is 13.0 Å². The van der Waals surface area contributed by atoms with Gasteiger partial charge in [0.1, 0.15) is 5.75 Å². The Balaban J connectivity index is 1.86. The molecular weight excluding hydrogens is 368 g/mol. The van der Waals surface area contributed by atoms with Crippen molar-refractivity contribution in [3.05, 3.63) is 64.1 Å². The molecule has 0 N–H and O–H groups in total. The molecular formula is C19H19BrN2O2. The molecule has 1 heterocycles. The molecule has 2 aromatic rings. The van der Waals surface area contributed by atoms with Gasteiger partial charge in [0.15, 0.2) is 0 Å². The summed E-state index contributed by atoms with van der Waals surface area (Å²) < 4.78 is 6.51. The van der Waals surface area contributed by atoms with E-state index in [-0.39, 0.29) is 11.9 Å². The minimum absolute atomic E-state index is 0.0546. The van der Waals surface area contributed by atoms with Crippen molar-refractivity contribution in [2.75, 3.05) is 6.61 Å². The third-order valence-electron chi connectivity index (χ3n) is 3.99. The Bertz CT molecular complexity index is 754. The lowest BCUT2D eigenvalue weighted by atomic mass is 9.98. The summed E-state index contributed by atoms with van der Waals surface area (Å²) in [5.41, 5.74) is 3.03. The van der Waals surface area contributed by atoms with E-state index in [1.54, 1.807) is 11.9 Å². The van der Waals surface area contributed by atoms with Gasteiger partial charge in [0.2, 0.25) is 5.91 Å². The molecule has 124 valence electrons. The Morgan fingerprint density at radius 2 is 1.88 bits per heavy atom. The Labute approximate surface area is 150 Å². The maximum Gasteiger partial charge on any atom is 0.240 e. The van der Waals surface area contributed by atoms with Crippen LogP contribution >= 0.6 is 15.9 Å². The van der Waals surface area contributed by atoms with Gasteiger partial charge in [-0.3, -0.25) is 4.79 Å². The summed E-state index contributed by atoms with van der Waals surface area (Å²) in [7, 11) is 0. The topological polar surface area (TPSA) is 41.9 Å². The highest BCUT2D eigenvalue weighted by Crippen LogP contribution is 2.33. The quantitative estimate of drug-likeness (QED) is 0.773. The first-order chi connectivity index (χ1) is 11.6. The van der Waals surface area contributed by atoms with Crippen LogP contribution in [0.3, 0.4) is 0 Å². The van der Waals surface area contributed by atoms with E-state index in [4.69, 9.17) is 4.74 Å². The molecule has 5 heteroatoms. The zero-order valence-electron chi connectivity index (χ0n) is 13.7. The van der Waals surface area contributed by atoms with E-state index < -0.39 is 0 Å². The third-order valence-corrected chi connectivity index (χ3v) is 4.51.